The first-order valence-corrected chi connectivity index (χ1v) is 7.18. The number of anilines is 2. The molecule has 1 saturated heterocycles. The van der Waals surface area contributed by atoms with Gasteiger partial charge in [0.15, 0.2) is 0 Å². The lowest BCUT2D eigenvalue weighted by atomic mass is 10.2. The molecule has 7 nitrogen and oxygen atoms in total. The lowest BCUT2D eigenvalue weighted by molar-refractivity contribution is 0.116. The summed E-state index contributed by atoms with van der Waals surface area (Å²) in [6.45, 7) is 6.82. The summed E-state index contributed by atoms with van der Waals surface area (Å²) in [4.78, 5) is 14.9. The van der Waals surface area contributed by atoms with Crippen molar-refractivity contribution in [1.82, 2.24) is 15.0 Å². The van der Waals surface area contributed by atoms with Gasteiger partial charge in [-0.2, -0.15) is 15.0 Å². The van der Waals surface area contributed by atoms with Crippen molar-refractivity contribution in [2.45, 2.75) is 32.8 Å². The third-order valence-electron chi connectivity index (χ3n) is 3.05. The highest BCUT2D eigenvalue weighted by Gasteiger charge is 2.19. The number of likely N-dealkylation sites (N-methyl/N-ethyl adjacent to an activating group) is 1. The quantitative estimate of drug-likeness (QED) is 0.808. The number of hydrogen-bond acceptors (Lipinski definition) is 7. The highest BCUT2D eigenvalue weighted by Crippen LogP contribution is 2.18. The molecule has 1 aliphatic heterocycles. The molecule has 2 rings (SSSR count). The molecule has 1 unspecified atom stereocenters. The van der Waals surface area contributed by atoms with Crippen LogP contribution in [0.15, 0.2) is 0 Å². The minimum absolute atomic E-state index is 0.259. The summed E-state index contributed by atoms with van der Waals surface area (Å²) < 4.78 is 11.0. The first-order chi connectivity index (χ1) is 9.72. The summed E-state index contributed by atoms with van der Waals surface area (Å²) in [5, 5.41) is 3.10. The van der Waals surface area contributed by atoms with Crippen LogP contribution in [0.2, 0.25) is 0 Å². The van der Waals surface area contributed by atoms with Gasteiger partial charge >= 0.3 is 6.01 Å². The highest BCUT2D eigenvalue weighted by atomic mass is 16.5. The Morgan fingerprint density at radius 3 is 2.85 bits per heavy atom. The molecule has 0 bridgehead atoms. The Bertz CT molecular complexity index is 399. The Morgan fingerprint density at radius 1 is 1.35 bits per heavy atom. The maximum absolute atomic E-state index is 5.64. The standard InChI is InChI=1S/C13H23N5O2/c1-4-14-11-15-12(17-13(16-11)19-5-2)18(3)9-10-7-6-8-20-10/h10H,4-9H2,1-3H3,(H,14,15,16,17). The Labute approximate surface area is 119 Å². The van der Waals surface area contributed by atoms with E-state index in [0.29, 0.717) is 24.5 Å². The van der Waals surface area contributed by atoms with E-state index >= 15 is 0 Å². The summed E-state index contributed by atoms with van der Waals surface area (Å²) in [6, 6.07) is 0.354. The van der Waals surface area contributed by atoms with Crippen molar-refractivity contribution in [2.24, 2.45) is 0 Å². The van der Waals surface area contributed by atoms with Gasteiger partial charge in [0, 0.05) is 26.7 Å². The molecule has 0 radical (unpaired) electrons. The average molecular weight is 281 g/mol. The Hall–Kier alpha value is -1.63. The van der Waals surface area contributed by atoms with Gasteiger partial charge in [-0.3, -0.25) is 0 Å². The Balaban J connectivity index is 2.10. The first kappa shape index (κ1) is 14.8. The van der Waals surface area contributed by atoms with Gasteiger partial charge in [0.1, 0.15) is 0 Å². The van der Waals surface area contributed by atoms with E-state index < -0.39 is 0 Å². The summed E-state index contributed by atoms with van der Waals surface area (Å²) in [7, 11) is 1.96. The second kappa shape index (κ2) is 7.23. The molecule has 0 amide bonds. The second-order valence-corrected chi connectivity index (χ2v) is 4.72. The SMILES string of the molecule is CCNc1nc(OCC)nc(N(C)CC2CCCO2)n1. The van der Waals surface area contributed by atoms with Crippen LogP contribution in [-0.2, 0) is 4.74 Å². The normalized spacial score (nSPS) is 18.1. The van der Waals surface area contributed by atoms with Crippen molar-refractivity contribution in [2.75, 3.05) is 43.6 Å². The number of hydrogen-bond donors (Lipinski definition) is 1. The van der Waals surface area contributed by atoms with Gasteiger partial charge in [0.2, 0.25) is 11.9 Å². The molecule has 1 fully saturated rings. The molecule has 7 heteroatoms. The molecule has 2 heterocycles. The lowest BCUT2D eigenvalue weighted by Gasteiger charge is -2.21. The maximum atomic E-state index is 5.64. The zero-order valence-corrected chi connectivity index (χ0v) is 12.4. The highest BCUT2D eigenvalue weighted by molar-refractivity contribution is 5.37. The molecule has 1 atom stereocenters. The van der Waals surface area contributed by atoms with Gasteiger partial charge in [-0.25, -0.2) is 0 Å². The molecule has 0 saturated carbocycles. The Morgan fingerprint density at radius 2 is 2.20 bits per heavy atom. The topological polar surface area (TPSA) is 72.4 Å². The predicted octanol–water partition coefficient (Wildman–Crippen LogP) is 1.32. The molecule has 1 N–H and O–H groups in total. The Kier molecular flexibility index (Phi) is 5.34. The molecular weight excluding hydrogens is 258 g/mol. The summed E-state index contributed by atoms with van der Waals surface area (Å²) in [5.41, 5.74) is 0. The van der Waals surface area contributed by atoms with Crippen molar-refractivity contribution in [3.63, 3.8) is 0 Å². The fraction of sp³-hybridized carbons (Fsp3) is 0.769. The molecule has 112 valence electrons. The fourth-order valence-electron chi connectivity index (χ4n) is 2.12. The predicted molar refractivity (Wildman–Crippen MR) is 77.4 cm³/mol. The summed E-state index contributed by atoms with van der Waals surface area (Å²) in [6.07, 6.45) is 2.48. The van der Waals surface area contributed by atoms with Crippen molar-refractivity contribution in [1.29, 1.82) is 0 Å². The van der Waals surface area contributed by atoms with Crippen LogP contribution >= 0.6 is 0 Å². The van der Waals surface area contributed by atoms with E-state index in [9.17, 15) is 0 Å². The molecule has 0 spiro atoms. The second-order valence-electron chi connectivity index (χ2n) is 4.72. The van der Waals surface area contributed by atoms with Crippen LogP contribution in [0.25, 0.3) is 0 Å². The number of nitrogens with zero attached hydrogens (tertiary/aromatic N) is 4. The van der Waals surface area contributed by atoms with Crippen molar-refractivity contribution in [3.8, 4) is 6.01 Å². The third-order valence-corrected chi connectivity index (χ3v) is 3.05. The summed E-state index contributed by atoms with van der Waals surface area (Å²) >= 11 is 0. The van der Waals surface area contributed by atoms with Crippen LogP contribution in [0, 0.1) is 0 Å². The van der Waals surface area contributed by atoms with E-state index in [1.807, 2.05) is 25.8 Å². The minimum Gasteiger partial charge on any atom is -0.464 e. The van der Waals surface area contributed by atoms with Gasteiger partial charge < -0.3 is 19.7 Å². The van der Waals surface area contributed by atoms with Crippen LogP contribution in [-0.4, -0.2) is 54.4 Å². The average Bonchev–Trinajstić information content (AvgIpc) is 2.92. The summed E-state index contributed by atoms with van der Waals surface area (Å²) in [5.74, 6) is 1.15. The van der Waals surface area contributed by atoms with Gasteiger partial charge in [-0.1, -0.05) is 0 Å². The van der Waals surface area contributed by atoms with Crippen LogP contribution < -0.4 is 15.0 Å². The van der Waals surface area contributed by atoms with E-state index in [-0.39, 0.29) is 6.10 Å². The molecular formula is C13H23N5O2. The van der Waals surface area contributed by atoms with Crippen molar-refractivity contribution in [3.05, 3.63) is 0 Å². The van der Waals surface area contributed by atoms with Gasteiger partial charge in [0.25, 0.3) is 0 Å². The van der Waals surface area contributed by atoms with Crippen molar-refractivity contribution >= 4 is 11.9 Å². The van der Waals surface area contributed by atoms with E-state index in [1.165, 1.54) is 0 Å². The zero-order valence-electron chi connectivity index (χ0n) is 12.4. The van der Waals surface area contributed by atoms with E-state index in [1.54, 1.807) is 0 Å². The monoisotopic (exact) mass is 281 g/mol. The van der Waals surface area contributed by atoms with Crippen LogP contribution in [0.5, 0.6) is 6.01 Å². The van der Waals surface area contributed by atoms with E-state index in [4.69, 9.17) is 9.47 Å². The third kappa shape index (κ3) is 3.93. The maximum Gasteiger partial charge on any atom is 0.323 e. The molecule has 1 aromatic heterocycles. The number of nitrogens with one attached hydrogen (secondary N) is 1. The van der Waals surface area contributed by atoms with Crippen LogP contribution in [0.3, 0.4) is 0 Å². The fourth-order valence-corrected chi connectivity index (χ4v) is 2.12. The molecule has 20 heavy (non-hydrogen) atoms. The van der Waals surface area contributed by atoms with Crippen LogP contribution in [0.1, 0.15) is 26.7 Å². The number of ether oxygens (including phenoxy) is 2. The smallest absolute Gasteiger partial charge is 0.323 e. The minimum atomic E-state index is 0.259. The van der Waals surface area contributed by atoms with Gasteiger partial charge in [0.05, 0.1) is 12.7 Å². The van der Waals surface area contributed by atoms with E-state index in [0.717, 1.165) is 32.5 Å². The lowest BCUT2D eigenvalue weighted by Crippen LogP contribution is -2.30. The van der Waals surface area contributed by atoms with Crippen molar-refractivity contribution < 1.29 is 9.47 Å². The molecule has 1 aliphatic rings. The molecule has 1 aromatic rings. The van der Waals surface area contributed by atoms with E-state index in [2.05, 4.69) is 20.3 Å². The zero-order chi connectivity index (χ0) is 14.4. The molecule has 0 aromatic carbocycles. The number of rotatable bonds is 7. The van der Waals surface area contributed by atoms with Crippen LogP contribution in [0.4, 0.5) is 11.9 Å². The number of aromatic nitrogens is 3. The molecule has 0 aliphatic carbocycles. The first-order valence-electron chi connectivity index (χ1n) is 7.18. The van der Waals surface area contributed by atoms with Gasteiger partial charge in [-0.15, -0.1) is 0 Å². The van der Waals surface area contributed by atoms with Gasteiger partial charge in [-0.05, 0) is 26.7 Å². The largest absolute Gasteiger partial charge is 0.464 e.